The molecule has 0 saturated heterocycles. The van der Waals surface area contributed by atoms with Gasteiger partial charge in [-0.2, -0.15) is 0 Å². The maximum Gasteiger partial charge on any atom is 0.326 e. The maximum atomic E-state index is 12.2. The molecule has 0 unspecified atom stereocenters. The van der Waals surface area contributed by atoms with Gasteiger partial charge in [0, 0.05) is 6.42 Å². The fraction of sp³-hybridized carbons (Fsp3) is 0.471. The second-order valence-corrected chi connectivity index (χ2v) is 6.28. The zero-order valence-corrected chi connectivity index (χ0v) is 14.7. The summed E-state index contributed by atoms with van der Waals surface area (Å²) in [5.41, 5.74) is 6.27. The van der Waals surface area contributed by atoms with Gasteiger partial charge in [-0.25, -0.2) is 4.79 Å². The predicted molar refractivity (Wildman–Crippen MR) is 93.2 cm³/mol. The second kappa shape index (κ2) is 9.73. The van der Waals surface area contributed by atoms with Crippen LogP contribution in [0.25, 0.3) is 0 Å². The first-order chi connectivity index (χ1) is 12.1. The van der Waals surface area contributed by atoms with Gasteiger partial charge in [0.1, 0.15) is 17.8 Å². The van der Waals surface area contributed by atoms with Gasteiger partial charge >= 0.3 is 5.97 Å². The molecule has 0 spiro atoms. The topological polar surface area (TPSA) is 162 Å². The maximum absolute atomic E-state index is 12.2. The first kappa shape index (κ1) is 21.4. The van der Waals surface area contributed by atoms with Gasteiger partial charge in [-0.3, -0.25) is 9.59 Å². The number of hydrogen-bond donors (Lipinski definition) is 6. The highest BCUT2D eigenvalue weighted by Gasteiger charge is 2.28. The summed E-state index contributed by atoms with van der Waals surface area (Å²) >= 11 is 0. The highest BCUT2D eigenvalue weighted by molar-refractivity contribution is 5.92. The lowest BCUT2D eigenvalue weighted by Crippen LogP contribution is -2.56. The average Bonchev–Trinajstić information content (AvgIpc) is 2.59. The molecule has 2 amide bonds. The van der Waals surface area contributed by atoms with E-state index in [1.165, 1.54) is 24.3 Å². The Kier molecular flexibility index (Phi) is 8.01. The van der Waals surface area contributed by atoms with Gasteiger partial charge in [0.05, 0.1) is 12.6 Å². The molecule has 0 aliphatic heterocycles. The molecular formula is C17H25N3O6. The standard InChI is InChI=1S/C17H25N3O6/c1-9(2)14(18)16(24)20-13(8-21)15(23)19-12(17(25)26)7-10-3-5-11(22)6-4-10/h3-6,9,12-14,21-22H,7-8,18H2,1-2H3,(H,19,23)(H,20,24)(H,25,26)/t12-,13-,14-/m0/s1. The van der Waals surface area contributed by atoms with Gasteiger partial charge < -0.3 is 31.7 Å². The predicted octanol–water partition coefficient (Wildman–Crippen LogP) is -1.04. The van der Waals surface area contributed by atoms with Gasteiger partial charge in [-0.15, -0.1) is 0 Å². The van der Waals surface area contributed by atoms with E-state index in [9.17, 15) is 29.7 Å². The molecule has 0 heterocycles. The van der Waals surface area contributed by atoms with Crippen LogP contribution in [0.4, 0.5) is 0 Å². The van der Waals surface area contributed by atoms with Crippen molar-refractivity contribution in [3.05, 3.63) is 29.8 Å². The number of amides is 2. The van der Waals surface area contributed by atoms with E-state index < -0.39 is 42.5 Å². The van der Waals surface area contributed by atoms with Crippen LogP contribution in [0.15, 0.2) is 24.3 Å². The molecule has 0 bridgehead atoms. The molecule has 9 heteroatoms. The average molecular weight is 367 g/mol. The normalized spacial score (nSPS) is 14.3. The Morgan fingerprint density at radius 1 is 1.04 bits per heavy atom. The third-order valence-corrected chi connectivity index (χ3v) is 3.83. The van der Waals surface area contributed by atoms with Crippen molar-refractivity contribution >= 4 is 17.8 Å². The largest absolute Gasteiger partial charge is 0.508 e. The Hall–Kier alpha value is -2.65. The number of rotatable bonds is 9. The first-order valence-electron chi connectivity index (χ1n) is 8.13. The molecule has 9 nitrogen and oxygen atoms in total. The number of aliphatic hydroxyl groups excluding tert-OH is 1. The van der Waals surface area contributed by atoms with Gasteiger partial charge in [-0.1, -0.05) is 26.0 Å². The summed E-state index contributed by atoms with van der Waals surface area (Å²) in [5.74, 6) is -2.84. The van der Waals surface area contributed by atoms with E-state index in [4.69, 9.17) is 5.73 Å². The Bertz CT molecular complexity index is 632. The number of benzene rings is 1. The van der Waals surface area contributed by atoms with E-state index in [0.29, 0.717) is 5.56 Å². The number of aromatic hydroxyl groups is 1. The van der Waals surface area contributed by atoms with Crippen molar-refractivity contribution in [1.29, 1.82) is 0 Å². The highest BCUT2D eigenvalue weighted by atomic mass is 16.4. The van der Waals surface area contributed by atoms with E-state index in [2.05, 4.69) is 10.6 Å². The molecule has 26 heavy (non-hydrogen) atoms. The van der Waals surface area contributed by atoms with Crippen molar-refractivity contribution in [3.63, 3.8) is 0 Å². The quantitative estimate of drug-likeness (QED) is 0.325. The van der Waals surface area contributed by atoms with Crippen molar-refractivity contribution < 1.29 is 29.7 Å². The van der Waals surface area contributed by atoms with Crippen molar-refractivity contribution in [2.75, 3.05) is 6.61 Å². The van der Waals surface area contributed by atoms with Crippen molar-refractivity contribution in [2.24, 2.45) is 11.7 Å². The van der Waals surface area contributed by atoms with E-state index in [-0.39, 0.29) is 18.1 Å². The molecule has 0 radical (unpaired) electrons. The van der Waals surface area contributed by atoms with Crippen molar-refractivity contribution in [2.45, 2.75) is 38.4 Å². The molecule has 7 N–H and O–H groups in total. The van der Waals surface area contributed by atoms with E-state index >= 15 is 0 Å². The van der Waals surface area contributed by atoms with E-state index in [0.717, 1.165) is 0 Å². The molecule has 0 aromatic heterocycles. The van der Waals surface area contributed by atoms with E-state index in [1.807, 2.05) is 0 Å². The van der Waals surface area contributed by atoms with Crippen LogP contribution in [-0.4, -0.2) is 57.8 Å². The molecule has 1 aromatic carbocycles. The number of phenolic OH excluding ortho intramolecular Hbond substituents is 1. The highest BCUT2D eigenvalue weighted by Crippen LogP contribution is 2.11. The molecule has 0 fully saturated rings. The van der Waals surface area contributed by atoms with Gasteiger partial charge in [0.15, 0.2) is 0 Å². The summed E-state index contributed by atoms with van der Waals surface area (Å²) in [4.78, 5) is 35.6. The van der Waals surface area contributed by atoms with E-state index in [1.54, 1.807) is 13.8 Å². The minimum atomic E-state index is -1.31. The van der Waals surface area contributed by atoms with Crippen LogP contribution in [0.2, 0.25) is 0 Å². The van der Waals surface area contributed by atoms with Crippen LogP contribution in [0, 0.1) is 5.92 Å². The van der Waals surface area contributed by atoms with Crippen LogP contribution < -0.4 is 16.4 Å². The summed E-state index contributed by atoms with van der Waals surface area (Å²) in [6, 6.07) is 2.43. The molecule has 0 saturated carbocycles. The van der Waals surface area contributed by atoms with Crippen LogP contribution in [-0.2, 0) is 20.8 Å². The molecule has 144 valence electrons. The number of phenols is 1. The first-order valence-corrected chi connectivity index (χ1v) is 8.13. The fourth-order valence-electron chi connectivity index (χ4n) is 2.10. The molecular weight excluding hydrogens is 342 g/mol. The Labute approximate surface area is 151 Å². The van der Waals surface area contributed by atoms with Crippen LogP contribution in [0.3, 0.4) is 0 Å². The van der Waals surface area contributed by atoms with Crippen LogP contribution in [0.1, 0.15) is 19.4 Å². The Morgan fingerprint density at radius 3 is 2.04 bits per heavy atom. The van der Waals surface area contributed by atoms with Crippen molar-refractivity contribution in [1.82, 2.24) is 10.6 Å². The smallest absolute Gasteiger partial charge is 0.326 e. The zero-order valence-electron chi connectivity index (χ0n) is 14.7. The number of aliphatic carboxylic acids is 1. The molecule has 1 aromatic rings. The summed E-state index contributed by atoms with van der Waals surface area (Å²) in [6.07, 6.45) is -0.0288. The number of hydrogen-bond acceptors (Lipinski definition) is 6. The number of carboxylic acid groups (broad SMARTS) is 1. The van der Waals surface area contributed by atoms with Gasteiger partial charge in [0.25, 0.3) is 0 Å². The lowest BCUT2D eigenvalue weighted by molar-refractivity contribution is -0.142. The number of nitrogens with two attached hydrogens (primary N) is 1. The number of carbonyl (C=O) groups excluding carboxylic acids is 2. The lowest BCUT2D eigenvalue weighted by Gasteiger charge is -2.22. The minimum absolute atomic E-state index is 0.0288. The van der Waals surface area contributed by atoms with Gasteiger partial charge in [-0.05, 0) is 23.6 Å². The third-order valence-electron chi connectivity index (χ3n) is 3.83. The number of nitrogens with one attached hydrogen (secondary N) is 2. The second-order valence-electron chi connectivity index (χ2n) is 6.28. The summed E-state index contributed by atoms with van der Waals surface area (Å²) in [5, 5.41) is 32.5. The lowest BCUT2D eigenvalue weighted by atomic mass is 10.0. The zero-order chi connectivity index (χ0) is 19.9. The van der Waals surface area contributed by atoms with Crippen molar-refractivity contribution in [3.8, 4) is 5.75 Å². The van der Waals surface area contributed by atoms with Gasteiger partial charge in [0.2, 0.25) is 11.8 Å². The Balaban J connectivity index is 2.76. The Morgan fingerprint density at radius 2 is 1.58 bits per heavy atom. The molecule has 0 aliphatic carbocycles. The van der Waals surface area contributed by atoms with Crippen LogP contribution >= 0.6 is 0 Å². The fourth-order valence-corrected chi connectivity index (χ4v) is 2.10. The number of carbonyl (C=O) groups is 3. The summed E-state index contributed by atoms with van der Waals surface area (Å²) in [7, 11) is 0. The summed E-state index contributed by atoms with van der Waals surface area (Å²) < 4.78 is 0. The summed E-state index contributed by atoms with van der Waals surface area (Å²) in [6.45, 7) is 2.76. The number of aliphatic hydroxyl groups is 1. The molecule has 3 atom stereocenters. The molecule has 1 rings (SSSR count). The molecule has 0 aliphatic rings. The SMILES string of the molecule is CC(C)[C@H](N)C(=O)N[C@@H](CO)C(=O)N[C@@H](Cc1ccc(O)cc1)C(=O)O. The van der Waals surface area contributed by atoms with Crippen LogP contribution in [0.5, 0.6) is 5.75 Å². The third kappa shape index (κ3) is 6.34. The number of carboxylic acids is 1. The minimum Gasteiger partial charge on any atom is -0.508 e. The monoisotopic (exact) mass is 367 g/mol.